The molecule has 2 fully saturated rings. The zero-order valence-electron chi connectivity index (χ0n) is 17.1. The van der Waals surface area contributed by atoms with Gasteiger partial charge in [-0.2, -0.15) is 4.98 Å². The molecule has 0 saturated heterocycles. The van der Waals surface area contributed by atoms with Gasteiger partial charge in [0, 0.05) is 18.4 Å². The van der Waals surface area contributed by atoms with Crippen molar-refractivity contribution in [1.82, 2.24) is 29.7 Å². The lowest BCUT2D eigenvalue weighted by Gasteiger charge is -2.13. The Bertz CT molecular complexity index is 1210. The normalized spacial score (nSPS) is 17.5. The Morgan fingerprint density at radius 3 is 2.70 bits per heavy atom. The Labute approximate surface area is 176 Å². The highest BCUT2D eigenvalue weighted by Crippen LogP contribution is 2.42. The zero-order chi connectivity index (χ0) is 20.8. The minimum absolute atomic E-state index is 0.103. The summed E-state index contributed by atoms with van der Waals surface area (Å²) in [5, 5.41) is 4.82. The number of nitrogens with zero attached hydrogens (tertiary/aromatic N) is 5. The maximum absolute atomic E-state index is 12.7. The summed E-state index contributed by atoms with van der Waals surface area (Å²) in [5.41, 5.74) is -0.387. The minimum Gasteiger partial charge on any atom is -0.338 e. The van der Waals surface area contributed by atoms with Crippen LogP contribution in [-0.2, 0) is 6.42 Å². The monoisotopic (exact) mass is 428 g/mol. The largest absolute Gasteiger partial charge is 0.338 e. The number of aromatic amines is 1. The van der Waals surface area contributed by atoms with E-state index in [-0.39, 0.29) is 11.3 Å². The van der Waals surface area contributed by atoms with Crippen LogP contribution in [0.15, 0.2) is 19.1 Å². The predicted molar refractivity (Wildman–Crippen MR) is 112 cm³/mol. The average molecular weight is 429 g/mol. The molecule has 3 aromatic rings. The van der Waals surface area contributed by atoms with E-state index in [4.69, 9.17) is 9.51 Å². The van der Waals surface area contributed by atoms with Crippen molar-refractivity contribution in [3.63, 3.8) is 0 Å². The number of aromatic nitrogens is 6. The number of aryl methyl sites for hydroxylation is 1. The van der Waals surface area contributed by atoms with E-state index in [9.17, 15) is 9.59 Å². The van der Waals surface area contributed by atoms with E-state index in [0.29, 0.717) is 39.5 Å². The second kappa shape index (κ2) is 7.64. The third-order valence-corrected chi connectivity index (χ3v) is 6.57. The van der Waals surface area contributed by atoms with E-state index in [0.717, 1.165) is 44.9 Å². The third-order valence-electron chi connectivity index (χ3n) is 5.50. The summed E-state index contributed by atoms with van der Waals surface area (Å²) in [4.78, 5) is 41.6. The molecule has 3 heterocycles. The minimum atomic E-state index is -0.446. The Morgan fingerprint density at radius 1 is 1.20 bits per heavy atom. The van der Waals surface area contributed by atoms with Gasteiger partial charge in [0.1, 0.15) is 16.2 Å². The van der Waals surface area contributed by atoms with E-state index in [1.807, 2.05) is 6.92 Å². The SMILES string of the molecule is CCCCc1noc(C(C)Sc2nc(C3CC3)nc3c2c(=O)[nH]c(=O)n3C2CC2)n1. The smallest absolute Gasteiger partial charge is 0.330 e. The van der Waals surface area contributed by atoms with E-state index in [2.05, 4.69) is 27.0 Å². The number of hydrogen-bond acceptors (Lipinski definition) is 8. The van der Waals surface area contributed by atoms with Crippen LogP contribution in [0.2, 0.25) is 0 Å². The van der Waals surface area contributed by atoms with Crippen molar-refractivity contribution in [1.29, 1.82) is 0 Å². The third kappa shape index (κ3) is 3.68. The number of fused-ring (bicyclic) bond motifs is 1. The molecule has 2 aliphatic carbocycles. The molecule has 9 nitrogen and oxygen atoms in total. The lowest BCUT2D eigenvalue weighted by atomic mass is 10.2. The van der Waals surface area contributed by atoms with Crippen molar-refractivity contribution < 1.29 is 4.52 Å². The van der Waals surface area contributed by atoms with Crippen LogP contribution >= 0.6 is 11.8 Å². The van der Waals surface area contributed by atoms with E-state index in [1.165, 1.54) is 11.8 Å². The molecule has 0 amide bonds. The molecule has 3 aromatic heterocycles. The van der Waals surface area contributed by atoms with Gasteiger partial charge in [0.05, 0.1) is 5.25 Å². The summed E-state index contributed by atoms with van der Waals surface area (Å²) in [6.07, 6.45) is 6.77. The van der Waals surface area contributed by atoms with Crippen LogP contribution < -0.4 is 11.2 Å². The first-order valence-corrected chi connectivity index (χ1v) is 11.5. The number of unbranched alkanes of at least 4 members (excludes halogenated alkanes) is 1. The van der Waals surface area contributed by atoms with Gasteiger partial charge in [0.15, 0.2) is 11.5 Å². The molecule has 1 N–H and O–H groups in total. The fourth-order valence-electron chi connectivity index (χ4n) is 3.50. The lowest BCUT2D eigenvalue weighted by molar-refractivity contribution is 0.374. The fourth-order valence-corrected chi connectivity index (χ4v) is 4.48. The Kier molecular flexibility index (Phi) is 4.96. The Hall–Kier alpha value is -2.49. The van der Waals surface area contributed by atoms with Crippen molar-refractivity contribution in [2.24, 2.45) is 0 Å². The number of nitrogens with one attached hydrogen (secondary N) is 1. The molecule has 0 bridgehead atoms. The molecular formula is C20H24N6O3S. The van der Waals surface area contributed by atoms with Crippen molar-refractivity contribution in [3.05, 3.63) is 38.4 Å². The second-order valence-corrected chi connectivity index (χ2v) is 9.46. The van der Waals surface area contributed by atoms with Crippen LogP contribution in [0, 0.1) is 0 Å². The Morgan fingerprint density at radius 2 is 2.00 bits per heavy atom. The van der Waals surface area contributed by atoms with Crippen LogP contribution in [0.5, 0.6) is 0 Å². The van der Waals surface area contributed by atoms with E-state index in [1.54, 1.807) is 4.57 Å². The van der Waals surface area contributed by atoms with Crippen LogP contribution in [0.4, 0.5) is 0 Å². The summed E-state index contributed by atoms with van der Waals surface area (Å²) in [6, 6.07) is 0.103. The highest BCUT2D eigenvalue weighted by Gasteiger charge is 2.33. The van der Waals surface area contributed by atoms with Gasteiger partial charge >= 0.3 is 5.69 Å². The number of rotatable bonds is 8. The number of thioether (sulfide) groups is 1. The molecular weight excluding hydrogens is 404 g/mol. The first kappa shape index (κ1) is 19.5. The summed E-state index contributed by atoms with van der Waals surface area (Å²) in [5.74, 6) is 2.23. The highest BCUT2D eigenvalue weighted by molar-refractivity contribution is 7.99. The molecule has 30 heavy (non-hydrogen) atoms. The van der Waals surface area contributed by atoms with Gasteiger partial charge < -0.3 is 4.52 Å². The molecule has 2 aliphatic rings. The summed E-state index contributed by atoms with van der Waals surface area (Å²) in [6.45, 7) is 4.08. The molecule has 0 radical (unpaired) electrons. The van der Waals surface area contributed by atoms with Gasteiger partial charge in [-0.3, -0.25) is 14.3 Å². The number of hydrogen-bond donors (Lipinski definition) is 1. The molecule has 2 saturated carbocycles. The zero-order valence-corrected chi connectivity index (χ0v) is 17.9. The van der Waals surface area contributed by atoms with Gasteiger partial charge in [-0.1, -0.05) is 30.3 Å². The molecule has 0 aromatic carbocycles. The molecule has 5 rings (SSSR count). The van der Waals surface area contributed by atoms with Gasteiger partial charge in [0.2, 0.25) is 5.89 Å². The standard InChI is InChI=1S/C20H24N6O3S/c1-3-4-5-13-21-18(29-25-13)10(2)30-19-14-16(22-15(23-19)11-6-7-11)26(12-8-9-12)20(28)24-17(14)27/h10-12H,3-9H2,1-2H3,(H,24,27,28). The fraction of sp³-hybridized carbons (Fsp3) is 0.600. The lowest BCUT2D eigenvalue weighted by Crippen LogP contribution is -2.31. The van der Waals surface area contributed by atoms with Gasteiger partial charge in [-0.15, -0.1) is 0 Å². The van der Waals surface area contributed by atoms with Crippen molar-refractivity contribution >= 4 is 22.8 Å². The van der Waals surface area contributed by atoms with Crippen LogP contribution in [0.1, 0.15) is 87.1 Å². The number of H-pyrrole nitrogens is 1. The van der Waals surface area contributed by atoms with Gasteiger partial charge in [-0.05, 0) is 39.0 Å². The molecule has 0 spiro atoms. The second-order valence-electron chi connectivity index (χ2n) is 8.13. The molecule has 1 atom stereocenters. The van der Waals surface area contributed by atoms with Crippen molar-refractivity contribution in [2.75, 3.05) is 0 Å². The average Bonchev–Trinajstić information content (AvgIpc) is 3.64. The topological polar surface area (TPSA) is 120 Å². The molecule has 10 heteroatoms. The maximum atomic E-state index is 12.7. The molecule has 1 unspecified atom stereocenters. The van der Waals surface area contributed by atoms with E-state index < -0.39 is 11.2 Å². The first-order valence-electron chi connectivity index (χ1n) is 10.6. The summed E-state index contributed by atoms with van der Waals surface area (Å²) in [7, 11) is 0. The van der Waals surface area contributed by atoms with E-state index >= 15 is 0 Å². The Balaban J connectivity index is 1.56. The van der Waals surface area contributed by atoms with Crippen LogP contribution in [0.25, 0.3) is 11.0 Å². The highest BCUT2D eigenvalue weighted by atomic mass is 32.2. The van der Waals surface area contributed by atoms with Crippen molar-refractivity contribution in [2.45, 2.75) is 81.0 Å². The quantitative estimate of drug-likeness (QED) is 0.429. The summed E-state index contributed by atoms with van der Waals surface area (Å²) >= 11 is 1.40. The molecule has 158 valence electrons. The first-order chi connectivity index (χ1) is 14.5. The van der Waals surface area contributed by atoms with Crippen LogP contribution in [0.3, 0.4) is 0 Å². The van der Waals surface area contributed by atoms with Crippen LogP contribution in [-0.4, -0.2) is 29.7 Å². The summed E-state index contributed by atoms with van der Waals surface area (Å²) < 4.78 is 7.09. The van der Waals surface area contributed by atoms with Crippen molar-refractivity contribution in [3.8, 4) is 0 Å². The maximum Gasteiger partial charge on any atom is 0.330 e. The van der Waals surface area contributed by atoms with Gasteiger partial charge in [-0.25, -0.2) is 14.8 Å². The predicted octanol–water partition coefficient (Wildman–Crippen LogP) is 3.27. The van der Waals surface area contributed by atoms with Gasteiger partial charge in [0.25, 0.3) is 5.56 Å². The molecule has 0 aliphatic heterocycles.